The lowest BCUT2D eigenvalue weighted by molar-refractivity contribution is 0.137. The van der Waals surface area contributed by atoms with Gasteiger partial charge in [0.05, 0.1) is 6.61 Å². The molecule has 2 atom stereocenters. The molecule has 0 aliphatic carbocycles. The van der Waals surface area contributed by atoms with Gasteiger partial charge in [-0.25, -0.2) is 0 Å². The molecule has 1 saturated heterocycles. The van der Waals surface area contributed by atoms with Gasteiger partial charge in [-0.05, 0) is 58.0 Å². The summed E-state index contributed by atoms with van der Waals surface area (Å²) in [6.45, 7) is 11.3. The second kappa shape index (κ2) is 5.68. The number of aliphatic hydroxyl groups is 1. The standard InChI is InChI=1S/C14H30N2O/c1-12(10-14(4,15)11-17)16-8-5-6-13(2,3)7-9-16/h12,17H,5-11,15H2,1-4H3. The maximum Gasteiger partial charge on any atom is 0.0609 e. The van der Waals surface area contributed by atoms with Crippen molar-refractivity contribution >= 4 is 0 Å². The molecule has 102 valence electrons. The van der Waals surface area contributed by atoms with Gasteiger partial charge in [-0.3, -0.25) is 0 Å². The van der Waals surface area contributed by atoms with Crippen LogP contribution in [-0.2, 0) is 0 Å². The summed E-state index contributed by atoms with van der Waals surface area (Å²) < 4.78 is 0. The summed E-state index contributed by atoms with van der Waals surface area (Å²) in [5.74, 6) is 0. The molecule has 0 spiro atoms. The minimum atomic E-state index is -0.443. The predicted molar refractivity (Wildman–Crippen MR) is 73.0 cm³/mol. The first-order valence-corrected chi connectivity index (χ1v) is 6.90. The monoisotopic (exact) mass is 242 g/mol. The third-order valence-corrected chi connectivity index (χ3v) is 4.12. The van der Waals surface area contributed by atoms with E-state index in [2.05, 4.69) is 25.7 Å². The average Bonchev–Trinajstić information content (AvgIpc) is 2.39. The van der Waals surface area contributed by atoms with Crippen LogP contribution in [-0.4, -0.2) is 41.3 Å². The summed E-state index contributed by atoms with van der Waals surface area (Å²) in [6, 6.07) is 0.464. The zero-order chi connectivity index (χ0) is 13.1. The van der Waals surface area contributed by atoms with E-state index in [0.29, 0.717) is 11.5 Å². The van der Waals surface area contributed by atoms with Crippen LogP contribution in [0.4, 0.5) is 0 Å². The normalized spacial score (nSPS) is 27.2. The fourth-order valence-corrected chi connectivity index (χ4v) is 2.75. The SMILES string of the molecule is CC(CC(C)(N)CO)N1CCCC(C)(C)CC1. The van der Waals surface area contributed by atoms with Crippen molar-refractivity contribution in [3.63, 3.8) is 0 Å². The Bertz CT molecular complexity index is 238. The zero-order valence-corrected chi connectivity index (χ0v) is 12.0. The Labute approximate surface area is 106 Å². The maximum atomic E-state index is 9.24. The van der Waals surface area contributed by atoms with E-state index < -0.39 is 5.54 Å². The van der Waals surface area contributed by atoms with Gasteiger partial charge in [0.25, 0.3) is 0 Å². The average molecular weight is 242 g/mol. The number of hydrogen-bond acceptors (Lipinski definition) is 3. The molecule has 1 fully saturated rings. The third kappa shape index (κ3) is 4.94. The van der Waals surface area contributed by atoms with Gasteiger partial charge in [0, 0.05) is 11.6 Å². The number of nitrogens with zero attached hydrogens (tertiary/aromatic N) is 1. The number of likely N-dealkylation sites (tertiary alicyclic amines) is 1. The second-order valence-corrected chi connectivity index (χ2v) is 6.92. The highest BCUT2D eigenvalue weighted by Gasteiger charge is 2.28. The lowest BCUT2D eigenvalue weighted by Gasteiger charge is -2.33. The molecule has 1 heterocycles. The van der Waals surface area contributed by atoms with Gasteiger partial charge in [0.2, 0.25) is 0 Å². The molecule has 3 nitrogen and oxygen atoms in total. The molecular formula is C14H30N2O. The highest BCUT2D eigenvalue weighted by molar-refractivity contribution is 4.85. The number of nitrogens with two attached hydrogens (primary N) is 1. The van der Waals surface area contributed by atoms with Crippen LogP contribution in [0.5, 0.6) is 0 Å². The molecular weight excluding hydrogens is 212 g/mol. The Morgan fingerprint density at radius 3 is 2.59 bits per heavy atom. The summed E-state index contributed by atoms with van der Waals surface area (Å²) >= 11 is 0. The van der Waals surface area contributed by atoms with Crippen LogP contribution < -0.4 is 5.73 Å². The van der Waals surface area contributed by atoms with Crippen LogP contribution >= 0.6 is 0 Å². The Hall–Kier alpha value is -0.120. The van der Waals surface area contributed by atoms with Crippen LogP contribution in [0.1, 0.15) is 53.4 Å². The Morgan fingerprint density at radius 2 is 2.00 bits per heavy atom. The first-order valence-electron chi connectivity index (χ1n) is 6.90. The minimum absolute atomic E-state index is 0.0661. The van der Waals surface area contributed by atoms with Crippen molar-refractivity contribution < 1.29 is 5.11 Å². The number of aliphatic hydroxyl groups excluding tert-OH is 1. The van der Waals surface area contributed by atoms with Crippen LogP contribution in [0.3, 0.4) is 0 Å². The Kier molecular flexibility index (Phi) is 4.99. The quantitative estimate of drug-likeness (QED) is 0.792. The highest BCUT2D eigenvalue weighted by atomic mass is 16.3. The molecule has 17 heavy (non-hydrogen) atoms. The van der Waals surface area contributed by atoms with Crippen molar-refractivity contribution in [2.45, 2.75) is 65.0 Å². The van der Waals surface area contributed by atoms with Gasteiger partial charge in [-0.1, -0.05) is 13.8 Å². The van der Waals surface area contributed by atoms with Gasteiger partial charge >= 0.3 is 0 Å². The summed E-state index contributed by atoms with van der Waals surface area (Å²) in [7, 11) is 0. The topological polar surface area (TPSA) is 49.5 Å². The van der Waals surface area contributed by atoms with Crippen LogP contribution in [0.15, 0.2) is 0 Å². The van der Waals surface area contributed by atoms with Gasteiger partial charge in [-0.2, -0.15) is 0 Å². The second-order valence-electron chi connectivity index (χ2n) is 6.92. The molecule has 0 aromatic rings. The molecule has 0 saturated carbocycles. The molecule has 2 unspecified atom stereocenters. The van der Waals surface area contributed by atoms with E-state index in [0.717, 1.165) is 13.0 Å². The lowest BCUT2D eigenvalue weighted by Crippen LogP contribution is -2.47. The molecule has 0 aromatic heterocycles. The fraction of sp³-hybridized carbons (Fsp3) is 1.00. The van der Waals surface area contributed by atoms with E-state index in [1.165, 1.54) is 25.8 Å². The van der Waals surface area contributed by atoms with E-state index in [9.17, 15) is 5.11 Å². The molecule has 1 aliphatic heterocycles. The predicted octanol–water partition coefficient (Wildman–Crippen LogP) is 1.99. The molecule has 3 N–H and O–H groups in total. The molecule has 0 amide bonds. The number of hydrogen-bond donors (Lipinski definition) is 2. The van der Waals surface area contributed by atoms with Crippen LogP contribution in [0.2, 0.25) is 0 Å². The molecule has 1 rings (SSSR count). The summed E-state index contributed by atoms with van der Waals surface area (Å²) in [5, 5.41) is 9.24. The largest absolute Gasteiger partial charge is 0.394 e. The van der Waals surface area contributed by atoms with Gasteiger partial charge in [0.15, 0.2) is 0 Å². The third-order valence-electron chi connectivity index (χ3n) is 4.12. The van der Waals surface area contributed by atoms with Crippen molar-refractivity contribution in [1.29, 1.82) is 0 Å². The van der Waals surface area contributed by atoms with Gasteiger partial charge in [-0.15, -0.1) is 0 Å². The van der Waals surface area contributed by atoms with E-state index in [-0.39, 0.29) is 6.61 Å². The highest BCUT2D eigenvalue weighted by Crippen LogP contribution is 2.31. The summed E-state index contributed by atoms with van der Waals surface area (Å²) in [4.78, 5) is 2.54. The van der Waals surface area contributed by atoms with Crippen molar-refractivity contribution in [2.24, 2.45) is 11.1 Å². The molecule has 0 aromatic carbocycles. The zero-order valence-electron chi connectivity index (χ0n) is 12.0. The summed E-state index contributed by atoms with van der Waals surface area (Å²) in [5.41, 5.74) is 6.08. The van der Waals surface area contributed by atoms with Gasteiger partial charge < -0.3 is 15.7 Å². The minimum Gasteiger partial charge on any atom is -0.394 e. The molecule has 3 heteroatoms. The number of rotatable bonds is 4. The lowest BCUT2D eigenvalue weighted by atomic mass is 9.85. The molecule has 0 radical (unpaired) electrons. The molecule has 0 bridgehead atoms. The van der Waals surface area contributed by atoms with E-state index >= 15 is 0 Å². The fourth-order valence-electron chi connectivity index (χ4n) is 2.75. The van der Waals surface area contributed by atoms with Crippen molar-refractivity contribution in [1.82, 2.24) is 4.90 Å². The Morgan fingerprint density at radius 1 is 1.35 bits per heavy atom. The van der Waals surface area contributed by atoms with E-state index in [1.807, 2.05) is 6.92 Å². The smallest absolute Gasteiger partial charge is 0.0609 e. The van der Waals surface area contributed by atoms with Crippen LogP contribution in [0.25, 0.3) is 0 Å². The first kappa shape index (κ1) is 14.9. The molecule has 1 aliphatic rings. The van der Waals surface area contributed by atoms with Crippen molar-refractivity contribution in [2.75, 3.05) is 19.7 Å². The van der Waals surface area contributed by atoms with E-state index in [1.54, 1.807) is 0 Å². The Balaban J connectivity index is 2.50. The van der Waals surface area contributed by atoms with Crippen LogP contribution in [0, 0.1) is 5.41 Å². The first-order chi connectivity index (χ1) is 7.76. The van der Waals surface area contributed by atoms with E-state index in [4.69, 9.17) is 5.73 Å². The van der Waals surface area contributed by atoms with Crippen molar-refractivity contribution in [3.05, 3.63) is 0 Å². The maximum absolute atomic E-state index is 9.24. The summed E-state index contributed by atoms with van der Waals surface area (Å²) in [6.07, 6.45) is 4.72. The van der Waals surface area contributed by atoms with Gasteiger partial charge in [0.1, 0.15) is 0 Å². The van der Waals surface area contributed by atoms with Crippen molar-refractivity contribution in [3.8, 4) is 0 Å².